The molecule has 0 bridgehead atoms. The van der Waals surface area contributed by atoms with Crippen LogP contribution in [0.5, 0.6) is 0 Å². The van der Waals surface area contributed by atoms with Crippen LogP contribution in [0.4, 0.5) is 0 Å². The number of nitrogens with zero attached hydrogens (tertiary/aromatic N) is 1. The number of rotatable bonds is 0. The van der Waals surface area contributed by atoms with E-state index in [2.05, 4.69) is 20.9 Å². The molecule has 2 rings (SSSR count). The van der Waals surface area contributed by atoms with Crippen LogP contribution in [0, 0.1) is 0 Å². The van der Waals surface area contributed by atoms with Gasteiger partial charge in [0.1, 0.15) is 5.84 Å². The van der Waals surface area contributed by atoms with Crippen LogP contribution in [0.3, 0.4) is 0 Å². The molecule has 11 heavy (non-hydrogen) atoms. The van der Waals surface area contributed by atoms with E-state index in [1.54, 1.807) is 0 Å². The smallest absolute Gasteiger partial charge is 0.172 e. The molecule has 0 aromatic rings. The molecule has 5 heteroatoms. The second kappa shape index (κ2) is 2.20. The van der Waals surface area contributed by atoms with Crippen LogP contribution in [0.15, 0.2) is 16.9 Å². The molecule has 2 heterocycles. The Labute approximate surface area is 69.8 Å². The first-order valence-electron chi connectivity index (χ1n) is 3.34. The Morgan fingerprint density at radius 3 is 3.27 bits per heavy atom. The topological polar surface area (TPSA) is 48.5 Å². The van der Waals surface area contributed by atoms with Crippen molar-refractivity contribution in [3.05, 3.63) is 11.9 Å². The van der Waals surface area contributed by atoms with Crippen LogP contribution in [0.25, 0.3) is 0 Å². The fraction of sp³-hybridized carbons (Fsp3) is 0.333. The van der Waals surface area contributed by atoms with Gasteiger partial charge < -0.3 is 16.0 Å². The molecule has 2 aliphatic heterocycles. The van der Waals surface area contributed by atoms with Gasteiger partial charge in [-0.25, -0.2) is 4.99 Å². The summed E-state index contributed by atoms with van der Waals surface area (Å²) < 4.78 is 0. The lowest BCUT2D eigenvalue weighted by atomic mass is 10.3. The van der Waals surface area contributed by atoms with Gasteiger partial charge in [-0.05, 0) is 19.1 Å². The highest BCUT2D eigenvalue weighted by atomic mass is 32.1. The molecule has 2 aliphatic rings. The van der Waals surface area contributed by atoms with Gasteiger partial charge in [-0.2, -0.15) is 0 Å². The molecule has 0 radical (unpaired) electrons. The average Bonchev–Trinajstić information content (AvgIpc) is 2.27. The minimum atomic E-state index is 0.00347. The van der Waals surface area contributed by atoms with Gasteiger partial charge >= 0.3 is 0 Å². The first-order chi connectivity index (χ1) is 5.25. The molecule has 0 aromatic heterocycles. The fourth-order valence-corrected chi connectivity index (χ4v) is 1.28. The van der Waals surface area contributed by atoms with Crippen molar-refractivity contribution in [1.82, 2.24) is 16.0 Å². The Morgan fingerprint density at radius 2 is 2.45 bits per heavy atom. The van der Waals surface area contributed by atoms with Crippen LogP contribution in [-0.4, -0.2) is 17.1 Å². The monoisotopic (exact) mass is 168 g/mol. The Bertz CT molecular complexity index is 268. The second-order valence-electron chi connectivity index (χ2n) is 2.46. The first-order valence-corrected chi connectivity index (χ1v) is 3.75. The van der Waals surface area contributed by atoms with Crippen molar-refractivity contribution in [3.63, 3.8) is 0 Å². The predicted molar refractivity (Wildman–Crippen MR) is 47.0 cm³/mol. The van der Waals surface area contributed by atoms with Gasteiger partial charge in [0.25, 0.3) is 0 Å². The molecule has 0 aromatic carbocycles. The zero-order valence-corrected chi connectivity index (χ0v) is 6.83. The highest BCUT2D eigenvalue weighted by Gasteiger charge is 2.23. The summed E-state index contributed by atoms with van der Waals surface area (Å²) in [5.74, 6) is 0.917. The summed E-state index contributed by atoms with van der Waals surface area (Å²) in [7, 11) is 0. The van der Waals surface area contributed by atoms with Crippen LogP contribution < -0.4 is 16.0 Å². The van der Waals surface area contributed by atoms with E-state index in [1.807, 2.05) is 13.1 Å². The van der Waals surface area contributed by atoms with Crippen molar-refractivity contribution in [2.24, 2.45) is 4.99 Å². The van der Waals surface area contributed by atoms with Crippen LogP contribution >= 0.6 is 12.2 Å². The summed E-state index contributed by atoms with van der Waals surface area (Å²) in [5, 5.41) is 9.63. The van der Waals surface area contributed by atoms with Crippen molar-refractivity contribution in [2.45, 2.75) is 13.1 Å². The molecule has 0 saturated carbocycles. The second-order valence-corrected chi connectivity index (χ2v) is 2.87. The molecule has 0 fully saturated rings. The van der Waals surface area contributed by atoms with Crippen molar-refractivity contribution < 1.29 is 0 Å². The van der Waals surface area contributed by atoms with E-state index < -0.39 is 0 Å². The summed E-state index contributed by atoms with van der Waals surface area (Å²) in [6.45, 7) is 1.92. The first kappa shape index (κ1) is 6.60. The third-order valence-electron chi connectivity index (χ3n) is 1.57. The maximum absolute atomic E-state index is 4.90. The van der Waals surface area contributed by atoms with Crippen LogP contribution in [0.2, 0.25) is 0 Å². The van der Waals surface area contributed by atoms with Crippen molar-refractivity contribution >= 4 is 23.2 Å². The van der Waals surface area contributed by atoms with E-state index in [1.165, 1.54) is 0 Å². The van der Waals surface area contributed by atoms with Gasteiger partial charge in [-0.3, -0.25) is 0 Å². The largest absolute Gasteiger partial charge is 0.343 e. The maximum atomic E-state index is 4.90. The molecule has 0 aliphatic carbocycles. The Hall–Kier alpha value is -1.10. The molecular weight excluding hydrogens is 160 g/mol. The molecule has 1 unspecified atom stereocenters. The highest BCUT2D eigenvalue weighted by molar-refractivity contribution is 7.80. The minimum Gasteiger partial charge on any atom is -0.343 e. The lowest BCUT2D eigenvalue weighted by Gasteiger charge is -2.19. The Morgan fingerprint density at radius 1 is 1.64 bits per heavy atom. The van der Waals surface area contributed by atoms with Crippen molar-refractivity contribution in [2.75, 3.05) is 0 Å². The zero-order valence-electron chi connectivity index (χ0n) is 6.01. The van der Waals surface area contributed by atoms with E-state index in [0.29, 0.717) is 5.11 Å². The molecular formula is C6H8N4S. The van der Waals surface area contributed by atoms with E-state index in [4.69, 9.17) is 12.2 Å². The van der Waals surface area contributed by atoms with Gasteiger partial charge in [0.15, 0.2) is 11.3 Å². The normalized spacial score (nSPS) is 27.4. The Kier molecular flexibility index (Phi) is 1.32. The molecule has 4 nitrogen and oxygen atoms in total. The van der Waals surface area contributed by atoms with Crippen LogP contribution in [-0.2, 0) is 0 Å². The zero-order chi connectivity index (χ0) is 7.84. The third kappa shape index (κ3) is 1.07. The maximum Gasteiger partial charge on any atom is 0.172 e. The average molecular weight is 168 g/mol. The van der Waals surface area contributed by atoms with Gasteiger partial charge in [0, 0.05) is 6.20 Å². The summed E-state index contributed by atoms with van der Waals surface area (Å²) in [5.41, 5.74) is 1.02. The SMILES string of the molecule is CC1=NC2NC(=S)NC=C2N1. The van der Waals surface area contributed by atoms with Crippen LogP contribution in [0.1, 0.15) is 6.92 Å². The number of thiocarbonyl (C=S) groups is 1. The number of fused-ring (bicyclic) bond motifs is 1. The lowest BCUT2D eigenvalue weighted by Crippen LogP contribution is -2.45. The summed E-state index contributed by atoms with van der Waals surface area (Å²) in [6, 6.07) is 0. The fourth-order valence-electron chi connectivity index (χ4n) is 1.11. The number of hydrogen-bond acceptors (Lipinski definition) is 3. The highest BCUT2D eigenvalue weighted by Crippen LogP contribution is 2.09. The van der Waals surface area contributed by atoms with E-state index in [0.717, 1.165) is 11.5 Å². The molecule has 0 spiro atoms. The van der Waals surface area contributed by atoms with Gasteiger partial charge in [-0.15, -0.1) is 0 Å². The van der Waals surface area contributed by atoms with E-state index in [-0.39, 0.29) is 6.17 Å². The van der Waals surface area contributed by atoms with E-state index in [9.17, 15) is 0 Å². The molecule has 1 atom stereocenters. The van der Waals surface area contributed by atoms with Crippen molar-refractivity contribution in [1.29, 1.82) is 0 Å². The van der Waals surface area contributed by atoms with Gasteiger partial charge in [0.05, 0.1) is 5.70 Å². The quantitative estimate of drug-likeness (QED) is 0.433. The van der Waals surface area contributed by atoms with Gasteiger partial charge in [-0.1, -0.05) is 0 Å². The van der Waals surface area contributed by atoms with Crippen molar-refractivity contribution in [3.8, 4) is 0 Å². The molecule has 0 saturated heterocycles. The number of hydrogen-bond donors (Lipinski definition) is 3. The Balaban J connectivity index is 2.26. The predicted octanol–water partition coefficient (Wildman–Crippen LogP) is -0.347. The molecule has 0 amide bonds. The lowest BCUT2D eigenvalue weighted by molar-refractivity contribution is 0.703. The summed E-state index contributed by atoms with van der Waals surface area (Å²) in [4.78, 5) is 4.26. The molecule has 3 N–H and O–H groups in total. The minimum absolute atomic E-state index is 0.00347. The number of aliphatic imine (C=N–C) groups is 1. The summed E-state index contributed by atoms with van der Waals surface area (Å²) in [6.07, 6.45) is 1.84. The number of nitrogens with one attached hydrogen (secondary N) is 3. The molecule has 58 valence electrons. The standard InChI is InChI=1S/C6H8N4S/c1-3-8-4-2-7-6(11)10-5(4)9-3/h2,5H,1H3,(H,8,9)(H2,7,10,11). The third-order valence-corrected chi connectivity index (χ3v) is 1.80. The summed E-state index contributed by atoms with van der Waals surface area (Å²) >= 11 is 4.90. The van der Waals surface area contributed by atoms with Gasteiger partial charge in [0.2, 0.25) is 0 Å². The number of amidine groups is 1. The van der Waals surface area contributed by atoms with E-state index >= 15 is 0 Å².